The maximum atomic E-state index is 4.44. The van der Waals surface area contributed by atoms with Crippen LogP contribution in [-0.2, 0) is 0 Å². The Kier molecular flexibility index (Phi) is 2.94. The van der Waals surface area contributed by atoms with Crippen LogP contribution in [-0.4, -0.2) is 9.97 Å². The fourth-order valence-corrected chi connectivity index (χ4v) is 2.54. The molecule has 1 N–H and O–H groups in total. The maximum Gasteiger partial charge on any atom is 0.0795 e. The third kappa shape index (κ3) is 2.19. The van der Waals surface area contributed by atoms with Gasteiger partial charge in [-0.3, -0.25) is 9.97 Å². The Bertz CT molecular complexity index is 649. The van der Waals surface area contributed by atoms with Crippen molar-refractivity contribution < 1.29 is 0 Å². The third-order valence-corrected chi connectivity index (χ3v) is 3.81. The van der Waals surface area contributed by atoms with Crippen LogP contribution >= 0.6 is 11.3 Å². The summed E-state index contributed by atoms with van der Waals surface area (Å²) in [5, 5.41) is 4.60. The molecule has 3 nitrogen and oxygen atoms in total. The van der Waals surface area contributed by atoms with Gasteiger partial charge in [0.05, 0.1) is 29.0 Å². The van der Waals surface area contributed by atoms with Gasteiger partial charge in [-0.15, -0.1) is 11.3 Å². The van der Waals surface area contributed by atoms with Gasteiger partial charge in [0.25, 0.3) is 0 Å². The van der Waals surface area contributed by atoms with E-state index in [2.05, 4.69) is 34.3 Å². The molecule has 4 heteroatoms. The van der Waals surface area contributed by atoms with Crippen molar-refractivity contribution in [3.63, 3.8) is 0 Å². The number of hydrogen-bond donors (Lipinski definition) is 1. The molecule has 0 aliphatic rings. The molecule has 0 aliphatic carbocycles. The van der Waals surface area contributed by atoms with Gasteiger partial charge in [0.15, 0.2) is 0 Å². The summed E-state index contributed by atoms with van der Waals surface area (Å²) in [7, 11) is 0. The molecule has 2 heterocycles. The number of thiazole rings is 1. The number of fused-ring (bicyclic) bond motifs is 1. The molecule has 3 aromatic rings. The Hall–Kier alpha value is -1.94. The summed E-state index contributed by atoms with van der Waals surface area (Å²) in [5.41, 5.74) is 3.91. The van der Waals surface area contributed by atoms with Crippen LogP contribution in [0.1, 0.15) is 17.8 Å². The molecular formula is C14H13N3S. The van der Waals surface area contributed by atoms with E-state index in [0.29, 0.717) is 0 Å². The average molecular weight is 255 g/mol. The molecule has 0 saturated heterocycles. The molecule has 0 radical (unpaired) electrons. The molecule has 0 aliphatic heterocycles. The molecule has 0 saturated carbocycles. The monoisotopic (exact) mass is 255 g/mol. The van der Waals surface area contributed by atoms with Crippen LogP contribution < -0.4 is 5.32 Å². The quantitative estimate of drug-likeness (QED) is 0.772. The molecule has 2 aromatic heterocycles. The van der Waals surface area contributed by atoms with Gasteiger partial charge in [0.2, 0.25) is 0 Å². The zero-order valence-corrected chi connectivity index (χ0v) is 10.8. The maximum absolute atomic E-state index is 4.44. The predicted octanol–water partition coefficient (Wildman–Crippen LogP) is 3.86. The fourth-order valence-electron chi connectivity index (χ4n) is 1.91. The molecule has 1 aromatic carbocycles. The van der Waals surface area contributed by atoms with Gasteiger partial charge in [-0.1, -0.05) is 18.2 Å². The van der Waals surface area contributed by atoms with Crippen molar-refractivity contribution in [3.05, 3.63) is 53.1 Å². The van der Waals surface area contributed by atoms with Gasteiger partial charge in [-0.2, -0.15) is 0 Å². The SMILES string of the molecule is CC(Nc1cnc2ccccc2c1)c1cncs1. The predicted molar refractivity (Wildman–Crippen MR) is 75.9 cm³/mol. The number of pyridine rings is 1. The lowest BCUT2D eigenvalue weighted by atomic mass is 10.2. The van der Waals surface area contributed by atoms with Crippen molar-refractivity contribution >= 4 is 27.9 Å². The first-order valence-electron chi connectivity index (χ1n) is 5.82. The van der Waals surface area contributed by atoms with E-state index in [9.17, 15) is 0 Å². The van der Waals surface area contributed by atoms with E-state index < -0.39 is 0 Å². The zero-order valence-electron chi connectivity index (χ0n) is 10.00. The normalized spacial score (nSPS) is 12.5. The second-order valence-corrected chi connectivity index (χ2v) is 5.10. The minimum absolute atomic E-state index is 0.250. The van der Waals surface area contributed by atoms with Gasteiger partial charge >= 0.3 is 0 Å². The van der Waals surface area contributed by atoms with Gasteiger partial charge < -0.3 is 5.32 Å². The van der Waals surface area contributed by atoms with Crippen molar-refractivity contribution in [3.8, 4) is 0 Å². The second-order valence-electron chi connectivity index (χ2n) is 4.19. The highest BCUT2D eigenvalue weighted by Gasteiger charge is 2.07. The Balaban J connectivity index is 1.86. The first-order valence-corrected chi connectivity index (χ1v) is 6.70. The van der Waals surface area contributed by atoms with Crippen LogP contribution in [0, 0.1) is 0 Å². The lowest BCUT2D eigenvalue weighted by molar-refractivity contribution is 0.902. The summed E-state index contributed by atoms with van der Waals surface area (Å²) >= 11 is 1.66. The van der Waals surface area contributed by atoms with E-state index >= 15 is 0 Å². The number of rotatable bonds is 3. The van der Waals surface area contributed by atoms with Crippen molar-refractivity contribution in [1.82, 2.24) is 9.97 Å². The number of benzene rings is 1. The van der Waals surface area contributed by atoms with Crippen LogP contribution in [0.4, 0.5) is 5.69 Å². The summed E-state index contributed by atoms with van der Waals surface area (Å²) in [4.78, 5) is 9.76. The van der Waals surface area contributed by atoms with Crippen LogP contribution in [0.25, 0.3) is 10.9 Å². The number of nitrogens with one attached hydrogen (secondary N) is 1. The molecule has 0 fully saturated rings. The zero-order chi connectivity index (χ0) is 12.4. The molecular weight excluding hydrogens is 242 g/mol. The first-order chi connectivity index (χ1) is 8.83. The van der Waals surface area contributed by atoms with E-state index in [1.165, 1.54) is 4.88 Å². The Morgan fingerprint density at radius 2 is 2.11 bits per heavy atom. The summed E-state index contributed by atoms with van der Waals surface area (Å²) in [5.74, 6) is 0. The molecule has 0 bridgehead atoms. The van der Waals surface area contributed by atoms with Gasteiger partial charge in [-0.25, -0.2) is 0 Å². The van der Waals surface area contributed by atoms with E-state index in [4.69, 9.17) is 0 Å². The van der Waals surface area contributed by atoms with Crippen LogP contribution in [0.2, 0.25) is 0 Å². The number of aromatic nitrogens is 2. The molecule has 18 heavy (non-hydrogen) atoms. The van der Waals surface area contributed by atoms with Crippen molar-refractivity contribution in [2.45, 2.75) is 13.0 Å². The van der Waals surface area contributed by atoms with Gasteiger partial charge in [-0.05, 0) is 19.1 Å². The highest BCUT2D eigenvalue weighted by atomic mass is 32.1. The first kappa shape index (κ1) is 11.2. The molecule has 1 atom stereocenters. The molecule has 0 spiro atoms. The Labute approximate surface area is 110 Å². The summed E-state index contributed by atoms with van der Waals surface area (Å²) in [6, 6.07) is 10.5. The molecule has 0 amide bonds. The number of para-hydroxylation sites is 1. The highest BCUT2D eigenvalue weighted by Crippen LogP contribution is 2.23. The van der Waals surface area contributed by atoms with Crippen LogP contribution in [0.15, 0.2) is 48.2 Å². The fraction of sp³-hybridized carbons (Fsp3) is 0.143. The van der Waals surface area contributed by atoms with Crippen molar-refractivity contribution in [2.75, 3.05) is 5.32 Å². The van der Waals surface area contributed by atoms with Gasteiger partial charge in [0.1, 0.15) is 0 Å². The second kappa shape index (κ2) is 4.74. The standard InChI is InChI=1S/C14H13N3S/c1-10(14-8-15-9-18-14)17-12-6-11-4-2-3-5-13(11)16-7-12/h2-10,17H,1H3. The largest absolute Gasteiger partial charge is 0.376 e. The van der Waals surface area contributed by atoms with Crippen LogP contribution in [0.5, 0.6) is 0 Å². The third-order valence-electron chi connectivity index (χ3n) is 2.85. The minimum Gasteiger partial charge on any atom is -0.376 e. The lowest BCUT2D eigenvalue weighted by Crippen LogP contribution is -2.05. The van der Waals surface area contributed by atoms with E-state index in [1.54, 1.807) is 11.3 Å². The minimum atomic E-state index is 0.250. The molecule has 3 rings (SSSR count). The smallest absolute Gasteiger partial charge is 0.0795 e. The highest BCUT2D eigenvalue weighted by molar-refractivity contribution is 7.09. The lowest BCUT2D eigenvalue weighted by Gasteiger charge is -2.13. The number of nitrogens with zero attached hydrogens (tertiary/aromatic N) is 2. The van der Waals surface area contributed by atoms with Crippen LogP contribution in [0.3, 0.4) is 0 Å². The Morgan fingerprint density at radius 3 is 2.94 bits per heavy atom. The van der Waals surface area contributed by atoms with Crippen molar-refractivity contribution in [2.24, 2.45) is 0 Å². The van der Waals surface area contributed by atoms with Crippen molar-refractivity contribution in [1.29, 1.82) is 0 Å². The summed E-state index contributed by atoms with van der Waals surface area (Å²) in [6.07, 6.45) is 3.77. The van der Waals surface area contributed by atoms with E-state index in [1.807, 2.05) is 36.1 Å². The summed E-state index contributed by atoms with van der Waals surface area (Å²) < 4.78 is 0. The molecule has 1 unspecified atom stereocenters. The topological polar surface area (TPSA) is 37.8 Å². The van der Waals surface area contributed by atoms with E-state index in [0.717, 1.165) is 16.6 Å². The Morgan fingerprint density at radius 1 is 1.22 bits per heavy atom. The van der Waals surface area contributed by atoms with Gasteiger partial charge in [0, 0.05) is 16.5 Å². The van der Waals surface area contributed by atoms with E-state index in [-0.39, 0.29) is 6.04 Å². The average Bonchev–Trinajstić information content (AvgIpc) is 2.92. The number of anilines is 1. The summed E-state index contributed by atoms with van der Waals surface area (Å²) in [6.45, 7) is 2.13. The number of hydrogen-bond acceptors (Lipinski definition) is 4. The molecule has 90 valence electrons.